The van der Waals surface area contributed by atoms with Crippen LogP contribution in [0.2, 0.25) is 0 Å². The number of benzene rings is 1. The molecule has 0 saturated heterocycles. The van der Waals surface area contributed by atoms with E-state index in [1.54, 1.807) is 38.1 Å². The van der Waals surface area contributed by atoms with Crippen LogP contribution in [0.1, 0.15) is 20.3 Å². The molecule has 0 aliphatic heterocycles. The lowest BCUT2D eigenvalue weighted by molar-refractivity contribution is -0.117. The molecule has 2 amide bonds. The highest BCUT2D eigenvalue weighted by molar-refractivity contribution is 6.12. The molecule has 0 spiro atoms. The fourth-order valence-corrected chi connectivity index (χ4v) is 1.27. The molecule has 16 heavy (non-hydrogen) atoms. The van der Waals surface area contributed by atoms with Crippen LogP contribution in [-0.2, 0) is 9.53 Å². The molecular weight excluding hydrogens is 206 g/mol. The summed E-state index contributed by atoms with van der Waals surface area (Å²) < 4.78 is 4.85. The third-order valence-corrected chi connectivity index (χ3v) is 2.02. The number of carbonyl (C=O) groups excluding carboxylic acids is 2. The number of hydrogen-bond donors (Lipinski definition) is 0. The molecule has 0 aliphatic carbocycles. The van der Waals surface area contributed by atoms with Gasteiger partial charge in [-0.3, -0.25) is 4.79 Å². The van der Waals surface area contributed by atoms with Gasteiger partial charge in [0.15, 0.2) is 0 Å². The van der Waals surface area contributed by atoms with E-state index in [-0.39, 0.29) is 18.9 Å². The molecule has 0 unspecified atom stereocenters. The predicted molar refractivity (Wildman–Crippen MR) is 61.2 cm³/mol. The number of hydrogen-bond acceptors (Lipinski definition) is 3. The number of ether oxygens (including phenoxy) is 1. The standard InChI is InChI=1S/C12H15NO3/c1-3-11(14)13(12(15)16-4-2)10-8-6-5-7-9-10/h5-9H,3-4H2,1-2H3. The summed E-state index contributed by atoms with van der Waals surface area (Å²) in [7, 11) is 0. The highest BCUT2D eigenvalue weighted by atomic mass is 16.6. The van der Waals surface area contributed by atoms with Gasteiger partial charge < -0.3 is 4.74 Å². The van der Waals surface area contributed by atoms with Gasteiger partial charge >= 0.3 is 6.09 Å². The molecule has 0 bridgehead atoms. The van der Waals surface area contributed by atoms with Crippen LogP contribution in [0.4, 0.5) is 10.5 Å². The average molecular weight is 221 g/mol. The predicted octanol–water partition coefficient (Wildman–Crippen LogP) is 2.59. The average Bonchev–Trinajstić information content (AvgIpc) is 2.31. The van der Waals surface area contributed by atoms with Gasteiger partial charge in [0.05, 0.1) is 12.3 Å². The van der Waals surface area contributed by atoms with Crippen molar-refractivity contribution < 1.29 is 14.3 Å². The minimum Gasteiger partial charge on any atom is -0.449 e. The second-order valence-electron chi connectivity index (χ2n) is 3.12. The summed E-state index contributed by atoms with van der Waals surface area (Å²) in [6.45, 7) is 3.66. The summed E-state index contributed by atoms with van der Waals surface area (Å²) >= 11 is 0. The van der Waals surface area contributed by atoms with Crippen molar-refractivity contribution in [2.75, 3.05) is 11.5 Å². The highest BCUT2D eigenvalue weighted by Gasteiger charge is 2.22. The van der Waals surface area contributed by atoms with E-state index in [0.29, 0.717) is 5.69 Å². The lowest BCUT2D eigenvalue weighted by Crippen LogP contribution is -2.36. The summed E-state index contributed by atoms with van der Waals surface area (Å²) in [5.74, 6) is -0.273. The van der Waals surface area contributed by atoms with Gasteiger partial charge in [0.25, 0.3) is 0 Å². The highest BCUT2D eigenvalue weighted by Crippen LogP contribution is 2.15. The van der Waals surface area contributed by atoms with Gasteiger partial charge in [-0.15, -0.1) is 0 Å². The smallest absolute Gasteiger partial charge is 0.421 e. The molecule has 4 nitrogen and oxygen atoms in total. The van der Waals surface area contributed by atoms with E-state index in [0.717, 1.165) is 4.90 Å². The molecule has 0 aliphatic rings. The van der Waals surface area contributed by atoms with Crippen molar-refractivity contribution in [2.45, 2.75) is 20.3 Å². The van der Waals surface area contributed by atoms with Crippen molar-refractivity contribution >= 4 is 17.7 Å². The largest absolute Gasteiger partial charge is 0.449 e. The molecule has 0 N–H and O–H groups in total. The van der Waals surface area contributed by atoms with Gasteiger partial charge in [-0.05, 0) is 19.1 Å². The molecule has 86 valence electrons. The Kier molecular flexibility index (Phi) is 4.51. The lowest BCUT2D eigenvalue weighted by Gasteiger charge is -2.19. The summed E-state index contributed by atoms with van der Waals surface area (Å²) in [5, 5.41) is 0. The van der Waals surface area contributed by atoms with Gasteiger partial charge in [-0.2, -0.15) is 0 Å². The van der Waals surface area contributed by atoms with E-state index in [2.05, 4.69) is 0 Å². The first-order valence-electron chi connectivity index (χ1n) is 5.25. The number of rotatable bonds is 3. The molecule has 1 rings (SSSR count). The molecular formula is C12H15NO3. The van der Waals surface area contributed by atoms with E-state index in [1.165, 1.54) is 0 Å². The van der Waals surface area contributed by atoms with Crippen LogP contribution in [-0.4, -0.2) is 18.6 Å². The Balaban J connectivity index is 2.97. The van der Waals surface area contributed by atoms with E-state index in [4.69, 9.17) is 4.74 Å². The fraction of sp³-hybridized carbons (Fsp3) is 0.333. The van der Waals surface area contributed by atoms with Crippen molar-refractivity contribution in [3.8, 4) is 0 Å². The maximum Gasteiger partial charge on any atom is 0.421 e. The molecule has 1 aromatic carbocycles. The first kappa shape index (κ1) is 12.2. The van der Waals surface area contributed by atoms with E-state index in [9.17, 15) is 9.59 Å². The fourth-order valence-electron chi connectivity index (χ4n) is 1.27. The zero-order chi connectivity index (χ0) is 12.0. The molecule has 0 heterocycles. The molecule has 0 atom stereocenters. The van der Waals surface area contributed by atoms with Crippen LogP contribution in [0.25, 0.3) is 0 Å². The summed E-state index contributed by atoms with van der Waals surface area (Å²) in [4.78, 5) is 24.3. The molecule has 0 saturated carbocycles. The van der Waals surface area contributed by atoms with Crippen LogP contribution in [0.15, 0.2) is 30.3 Å². The second-order valence-corrected chi connectivity index (χ2v) is 3.12. The van der Waals surface area contributed by atoms with Crippen LogP contribution < -0.4 is 4.90 Å². The summed E-state index contributed by atoms with van der Waals surface area (Å²) in [6, 6.07) is 8.76. The number of imide groups is 1. The summed E-state index contributed by atoms with van der Waals surface area (Å²) in [6.07, 6.45) is -0.367. The Bertz CT molecular complexity index is 362. The van der Waals surface area contributed by atoms with Gasteiger partial charge in [-0.1, -0.05) is 25.1 Å². The monoisotopic (exact) mass is 221 g/mol. The quantitative estimate of drug-likeness (QED) is 0.788. The van der Waals surface area contributed by atoms with E-state index < -0.39 is 6.09 Å². The Morgan fingerprint density at radius 3 is 2.31 bits per heavy atom. The molecule has 0 aromatic heterocycles. The minimum absolute atomic E-state index is 0.249. The number of amides is 2. The van der Waals surface area contributed by atoms with E-state index in [1.807, 2.05) is 6.07 Å². The number of carbonyl (C=O) groups is 2. The zero-order valence-corrected chi connectivity index (χ0v) is 9.47. The third-order valence-electron chi connectivity index (χ3n) is 2.02. The summed E-state index contributed by atoms with van der Waals surface area (Å²) in [5.41, 5.74) is 0.535. The Morgan fingerprint density at radius 1 is 1.19 bits per heavy atom. The van der Waals surface area contributed by atoms with Crippen molar-refractivity contribution in [1.29, 1.82) is 0 Å². The SMILES string of the molecule is CCOC(=O)N(C(=O)CC)c1ccccc1. The minimum atomic E-state index is -0.624. The third kappa shape index (κ3) is 2.82. The molecule has 0 radical (unpaired) electrons. The van der Waals surface area contributed by atoms with Gasteiger partial charge in [0.1, 0.15) is 0 Å². The second kappa shape index (κ2) is 5.90. The molecule has 4 heteroatoms. The van der Waals surface area contributed by atoms with Gasteiger partial charge in [0, 0.05) is 6.42 Å². The maximum absolute atomic E-state index is 11.7. The maximum atomic E-state index is 11.7. The van der Waals surface area contributed by atoms with Crippen LogP contribution in [0.5, 0.6) is 0 Å². The number of anilines is 1. The normalized spacial score (nSPS) is 9.62. The first-order valence-corrected chi connectivity index (χ1v) is 5.25. The van der Waals surface area contributed by atoms with Crippen molar-refractivity contribution in [1.82, 2.24) is 0 Å². The van der Waals surface area contributed by atoms with Crippen LogP contribution in [0.3, 0.4) is 0 Å². The van der Waals surface area contributed by atoms with Crippen molar-refractivity contribution in [3.05, 3.63) is 30.3 Å². The zero-order valence-electron chi connectivity index (χ0n) is 9.47. The van der Waals surface area contributed by atoms with Crippen molar-refractivity contribution in [3.63, 3.8) is 0 Å². The topological polar surface area (TPSA) is 46.6 Å². The van der Waals surface area contributed by atoms with Gasteiger partial charge in [-0.25, -0.2) is 9.69 Å². The molecule has 0 fully saturated rings. The Hall–Kier alpha value is -1.84. The van der Waals surface area contributed by atoms with E-state index >= 15 is 0 Å². The molecule has 1 aromatic rings. The van der Waals surface area contributed by atoms with Crippen LogP contribution >= 0.6 is 0 Å². The first-order chi connectivity index (χ1) is 7.70. The lowest BCUT2D eigenvalue weighted by atomic mass is 10.3. The number of nitrogens with zero attached hydrogens (tertiary/aromatic N) is 1. The Morgan fingerprint density at radius 2 is 1.81 bits per heavy atom. The number of para-hydroxylation sites is 1. The Labute approximate surface area is 94.8 Å². The van der Waals surface area contributed by atoms with Gasteiger partial charge in [0.2, 0.25) is 5.91 Å². The van der Waals surface area contributed by atoms with Crippen molar-refractivity contribution in [2.24, 2.45) is 0 Å². The van der Waals surface area contributed by atoms with Crippen LogP contribution in [0, 0.1) is 0 Å².